The molecule has 0 bridgehead atoms. The molecule has 0 saturated heterocycles. The first-order valence-electron chi connectivity index (χ1n) is 3.21. The second-order valence-electron chi connectivity index (χ2n) is 2.32. The van der Waals surface area contributed by atoms with Crippen LogP contribution in [0, 0.1) is 11.6 Å². The molecule has 0 N–H and O–H groups in total. The highest BCUT2D eigenvalue weighted by Crippen LogP contribution is 2.32. The van der Waals surface area contributed by atoms with Crippen LogP contribution in [0.25, 0.3) is 10.1 Å². The molecule has 62 valence electrons. The number of thiophene rings is 1. The fourth-order valence-electron chi connectivity index (χ4n) is 1.03. The molecule has 1 heterocycles. The molecule has 0 spiro atoms. The SMILES string of the molecule is Fc1cc(F)c2ccsc2c1Cl. The fraction of sp³-hybridized carbons (Fsp3) is 0. The zero-order valence-corrected chi connectivity index (χ0v) is 7.35. The second kappa shape index (κ2) is 2.68. The van der Waals surface area contributed by atoms with Crippen LogP contribution in [-0.4, -0.2) is 0 Å². The molecular formula is C8H3ClF2S. The van der Waals surface area contributed by atoms with Crippen LogP contribution in [0.1, 0.15) is 0 Å². The Bertz CT molecular complexity index is 436. The van der Waals surface area contributed by atoms with E-state index in [4.69, 9.17) is 11.6 Å². The number of rotatable bonds is 0. The number of fused-ring (bicyclic) bond motifs is 1. The first-order valence-corrected chi connectivity index (χ1v) is 4.46. The van der Waals surface area contributed by atoms with Gasteiger partial charge >= 0.3 is 0 Å². The summed E-state index contributed by atoms with van der Waals surface area (Å²) in [5.41, 5.74) is 0. The molecule has 0 fully saturated rings. The Morgan fingerprint density at radius 3 is 2.75 bits per heavy atom. The molecule has 0 aliphatic heterocycles. The molecule has 1 aromatic carbocycles. The van der Waals surface area contributed by atoms with Gasteiger partial charge in [-0.15, -0.1) is 11.3 Å². The minimum atomic E-state index is -0.705. The standard InChI is InChI=1S/C8H3ClF2S/c9-7-6(11)3-5(10)4-1-2-12-8(4)7/h1-3H. The molecule has 2 rings (SSSR count). The van der Waals surface area contributed by atoms with Gasteiger partial charge in [-0.25, -0.2) is 8.78 Å². The third kappa shape index (κ3) is 1.01. The van der Waals surface area contributed by atoms with E-state index in [-0.39, 0.29) is 5.02 Å². The lowest BCUT2D eigenvalue weighted by Crippen LogP contribution is -1.81. The van der Waals surface area contributed by atoms with Crippen molar-refractivity contribution in [1.29, 1.82) is 0 Å². The molecule has 0 saturated carbocycles. The first kappa shape index (κ1) is 7.95. The summed E-state index contributed by atoms with van der Waals surface area (Å²) >= 11 is 6.84. The quantitative estimate of drug-likeness (QED) is 0.572. The Balaban J connectivity index is 2.97. The van der Waals surface area contributed by atoms with Crippen molar-refractivity contribution in [3.63, 3.8) is 0 Å². The minimum absolute atomic E-state index is 0.00130. The molecule has 0 nitrogen and oxygen atoms in total. The van der Waals surface area contributed by atoms with Gasteiger partial charge in [0.05, 0.1) is 9.72 Å². The zero-order chi connectivity index (χ0) is 8.72. The van der Waals surface area contributed by atoms with E-state index in [1.54, 1.807) is 11.4 Å². The van der Waals surface area contributed by atoms with Crippen molar-refractivity contribution < 1.29 is 8.78 Å². The van der Waals surface area contributed by atoms with E-state index >= 15 is 0 Å². The van der Waals surface area contributed by atoms with Crippen LogP contribution >= 0.6 is 22.9 Å². The Morgan fingerprint density at radius 1 is 1.25 bits per heavy atom. The van der Waals surface area contributed by atoms with Crippen LogP contribution in [0.4, 0.5) is 8.78 Å². The average Bonchev–Trinajstić information content (AvgIpc) is 2.48. The van der Waals surface area contributed by atoms with Crippen molar-refractivity contribution in [1.82, 2.24) is 0 Å². The van der Waals surface area contributed by atoms with Gasteiger partial charge in [-0.2, -0.15) is 0 Å². The smallest absolute Gasteiger partial charge is 0.146 e. The van der Waals surface area contributed by atoms with Gasteiger partial charge in [-0.1, -0.05) is 11.6 Å². The lowest BCUT2D eigenvalue weighted by Gasteiger charge is -1.96. The van der Waals surface area contributed by atoms with Crippen LogP contribution in [0.15, 0.2) is 17.5 Å². The normalized spacial score (nSPS) is 10.9. The largest absolute Gasteiger partial charge is 0.206 e. The van der Waals surface area contributed by atoms with E-state index in [0.717, 1.165) is 6.07 Å². The second-order valence-corrected chi connectivity index (χ2v) is 3.61. The summed E-state index contributed by atoms with van der Waals surface area (Å²) in [6, 6.07) is 2.39. The zero-order valence-electron chi connectivity index (χ0n) is 5.77. The van der Waals surface area contributed by atoms with Crippen LogP contribution in [-0.2, 0) is 0 Å². The third-order valence-corrected chi connectivity index (χ3v) is 3.00. The van der Waals surface area contributed by atoms with Gasteiger partial charge < -0.3 is 0 Å². The molecule has 4 heteroatoms. The maximum atomic E-state index is 13.0. The Morgan fingerprint density at radius 2 is 2.00 bits per heavy atom. The van der Waals surface area contributed by atoms with Gasteiger partial charge in [-0.3, -0.25) is 0 Å². The number of hydrogen-bond acceptors (Lipinski definition) is 1. The number of halogens is 3. The van der Waals surface area contributed by atoms with E-state index in [9.17, 15) is 8.78 Å². The van der Waals surface area contributed by atoms with Gasteiger partial charge in [0, 0.05) is 11.5 Å². The summed E-state index contributed by atoms with van der Waals surface area (Å²) in [7, 11) is 0. The summed E-state index contributed by atoms with van der Waals surface area (Å²) < 4.78 is 26.3. The first-order chi connectivity index (χ1) is 5.70. The van der Waals surface area contributed by atoms with Gasteiger partial charge in [0.2, 0.25) is 0 Å². The molecule has 0 atom stereocenters. The van der Waals surface area contributed by atoms with Crippen molar-refractivity contribution in [2.75, 3.05) is 0 Å². The fourth-order valence-corrected chi connectivity index (χ4v) is 2.15. The summed E-state index contributed by atoms with van der Waals surface area (Å²) in [6.07, 6.45) is 0. The third-order valence-electron chi connectivity index (χ3n) is 1.59. The molecule has 1 aromatic heterocycles. The Labute approximate surface area is 76.4 Å². The molecule has 0 aliphatic rings. The van der Waals surface area contributed by atoms with E-state index in [0.29, 0.717) is 10.1 Å². The molecule has 0 unspecified atom stereocenters. The van der Waals surface area contributed by atoms with Gasteiger partial charge in [-0.05, 0) is 11.4 Å². The van der Waals surface area contributed by atoms with Crippen molar-refractivity contribution in [3.05, 3.63) is 34.2 Å². The summed E-state index contributed by atoms with van der Waals surface area (Å²) in [6.45, 7) is 0. The van der Waals surface area contributed by atoms with Crippen molar-refractivity contribution in [2.24, 2.45) is 0 Å². The van der Waals surface area contributed by atoms with Crippen LogP contribution < -0.4 is 0 Å². The summed E-state index contributed by atoms with van der Waals surface area (Å²) in [5, 5.41) is 2.06. The molecule has 12 heavy (non-hydrogen) atoms. The van der Waals surface area contributed by atoms with Gasteiger partial charge in [0.15, 0.2) is 0 Å². The topological polar surface area (TPSA) is 0 Å². The predicted molar refractivity (Wildman–Crippen MR) is 46.8 cm³/mol. The maximum absolute atomic E-state index is 13.0. The summed E-state index contributed by atoms with van der Waals surface area (Å²) in [5.74, 6) is -1.27. The monoisotopic (exact) mass is 204 g/mol. The van der Waals surface area contributed by atoms with E-state index in [1.165, 1.54) is 11.3 Å². The lowest BCUT2D eigenvalue weighted by molar-refractivity contribution is 0.593. The average molecular weight is 205 g/mol. The van der Waals surface area contributed by atoms with Crippen LogP contribution in [0.3, 0.4) is 0 Å². The van der Waals surface area contributed by atoms with Gasteiger partial charge in [0.25, 0.3) is 0 Å². The van der Waals surface area contributed by atoms with Crippen molar-refractivity contribution >= 4 is 33.0 Å². The highest BCUT2D eigenvalue weighted by atomic mass is 35.5. The Kier molecular flexibility index (Phi) is 1.77. The molecular weight excluding hydrogens is 202 g/mol. The molecule has 0 radical (unpaired) electrons. The lowest BCUT2D eigenvalue weighted by atomic mass is 10.2. The van der Waals surface area contributed by atoms with Crippen molar-refractivity contribution in [3.8, 4) is 0 Å². The van der Waals surface area contributed by atoms with E-state index < -0.39 is 11.6 Å². The van der Waals surface area contributed by atoms with Gasteiger partial charge in [0.1, 0.15) is 11.6 Å². The summed E-state index contributed by atoms with van der Waals surface area (Å²) in [4.78, 5) is 0. The maximum Gasteiger partial charge on any atom is 0.146 e. The molecule has 2 aromatic rings. The van der Waals surface area contributed by atoms with Crippen molar-refractivity contribution in [2.45, 2.75) is 0 Å². The van der Waals surface area contributed by atoms with Crippen LogP contribution in [0.5, 0.6) is 0 Å². The molecule has 0 aliphatic carbocycles. The molecule has 0 amide bonds. The number of benzene rings is 1. The van der Waals surface area contributed by atoms with Crippen LogP contribution in [0.2, 0.25) is 5.02 Å². The highest BCUT2D eigenvalue weighted by Gasteiger charge is 2.10. The Hall–Kier alpha value is -0.670. The van der Waals surface area contributed by atoms with E-state index in [1.807, 2.05) is 0 Å². The minimum Gasteiger partial charge on any atom is -0.206 e. The highest BCUT2D eigenvalue weighted by molar-refractivity contribution is 7.17. The predicted octanol–water partition coefficient (Wildman–Crippen LogP) is 3.83. The van der Waals surface area contributed by atoms with E-state index in [2.05, 4.69) is 0 Å². The number of hydrogen-bond donors (Lipinski definition) is 0.